The first kappa shape index (κ1) is 25.1. The smallest absolute Gasteiger partial charge is 0.223 e. The van der Waals surface area contributed by atoms with Crippen molar-refractivity contribution in [2.75, 3.05) is 18.0 Å². The molecule has 2 aliphatic heterocycles. The summed E-state index contributed by atoms with van der Waals surface area (Å²) in [6.45, 7) is 4.95. The first-order valence-electron chi connectivity index (χ1n) is 13.2. The van der Waals surface area contributed by atoms with Crippen molar-refractivity contribution in [3.8, 4) is 0 Å². The fraction of sp³-hybridized carbons (Fsp3) is 0.464. The number of carbonyl (C=O) groups excluding carboxylic acids is 2. The second-order valence-corrected chi connectivity index (χ2v) is 10.0. The van der Waals surface area contributed by atoms with Gasteiger partial charge in [-0.05, 0) is 55.0 Å². The molecule has 9 nitrogen and oxygen atoms in total. The highest BCUT2D eigenvalue weighted by Crippen LogP contribution is 2.32. The molecule has 37 heavy (non-hydrogen) atoms. The largest absolute Gasteiger partial charge is 0.337 e. The van der Waals surface area contributed by atoms with Crippen molar-refractivity contribution in [2.24, 2.45) is 0 Å². The fourth-order valence-corrected chi connectivity index (χ4v) is 5.72. The van der Waals surface area contributed by atoms with Gasteiger partial charge in [-0.1, -0.05) is 18.2 Å². The predicted octanol–water partition coefficient (Wildman–Crippen LogP) is 3.27. The van der Waals surface area contributed by atoms with Gasteiger partial charge in [0.25, 0.3) is 0 Å². The van der Waals surface area contributed by atoms with Crippen molar-refractivity contribution in [3.63, 3.8) is 0 Å². The normalized spacial score (nSPS) is 20.4. The molecule has 2 atom stereocenters. The van der Waals surface area contributed by atoms with Crippen molar-refractivity contribution in [2.45, 2.75) is 70.7 Å². The molecule has 0 N–H and O–H groups in total. The van der Waals surface area contributed by atoms with Crippen molar-refractivity contribution < 1.29 is 9.59 Å². The van der Waals surface area contributed by atoms with Gasteiger partial charge < -0.3 is 9.80 Å². The first-order valence-corrected chi connectivity index (χ1v) is 13.2. The Morgan fingerprint density at radius 3 is 2.59 bits per heavy atom. The van der Waals surface area contributed by atoms with Crippen molar-refractivity contribution in [3.05, 3.63) is 72.6 Å². The zero-order valence-corrected chi connectivity index (χ0v) is 21.4. The van der Waals surface area contributed by atoms with Crippen LogP contribution in [0.1, 0.15) is 50.2 Å². The number of aryl methyl sites for hydroxylation is 1. The third-order valence-electron chi connectivity index (χ3n) is 7.62. The Balaban J connectivity index is 1.42. The van der Waals surface area contributed by atoms with Crippen LogP contribution in [0.25, 0.3) is 0 Å². The van der Waals surface area contributed by atoms with Gasteiger partial charge in [-0.15, -0.1) is 0 Å². The molecule has 2 aromatic heterocycles. The number of benzene rings is 1. The van der Waals surface area contributed by atoms with Gasteiger partial charge >= 0.3 is 0 Å². The molecule has 1 saturated heterocycles. The van der Waals surface area contributed by atoms with E-state index < -0.39 is 0 Å². The van der Waals surface area contributed by atoms with Crippen LogP contribution >= 0.6 is 0 Å². The first-order chi connectivity index (χ1) is 18.1. The van der Waals surface area contributed by atoms with Crippen LogP contribution in [-0.2, 0) is 29.2 Å². The predicted molar refractivity (Wildman–Crippen MR) is 140 cm³/mol. The van der Waals surface area contributed by atoms with E-state index in [1.807, 2.05) is 46.5 Å². The minimum Gasteiger partial charge on any atom is -0.337 e. The topological polar surface area (TPSA) is 87.5 Å². The van der Waals surface area contributed by atoms with Crippen LogP contribution in [0.5, 0.6) is 0 Å². The monoisotopic (exact) mass is 501 g/mol. The van der Waals surface area contributed by atoms with E-state index in [4.69, 9.17) is 0 Å². The van der Waals surface area contributed by atoms with Crippen LogP contribution in [0.2, 0.25) is 0 Å². The summed E-state index contributed by atoms with van der Waals surface area (Å²) in [6, 6.07) is 12.8. The lowest BCUT2D eigenvalue weighted by atomic mass is 10.1. The Morgan fingerprint density at radius 2 is 1.81 bits per heavy atom. The summed E-state index contributed by atoms with van der Waals surface area (Å²) in [7, 11) is 0. The lowest BCUT2D eigenvalue weighted by molar-refractivity contribution is -0.132. The molecule has 2 amide bonds. The number of rotatable bonds is 6. The molecule has 4 heterocycles. The van der Waals surface area contributed by atoms with Gasteiger partial charge in [0.1, 0.15) is 12.7 Å². The Bertz CT molecular complexity index is 1180. The Labute approximate surface area is 218 Å². The quantitative estimate of drug-likeness (QED) is 0.515. The number of nitrogens with zero attached hydrogens (tertiary/aromatic N) is 7. The van der Waals surface area contributed by atoms with Crippen molar-refractivity contribution >= 4 is 17.5 Å². The molecular weight excluding hydrogens is 466 g/mol. The molecule has 2 aliphatic rings. The molecule has 9 heteroatoms. The number of aromatic nitrogens is 4. The van der Waals surface area contributed by atoms with Crippen LogP contribution in [0.3, 0.4) is 0 Å². The minimum atomic E-state index is 0.0348. The molecule has 3 aromatic rings. The standard InChI is InChI=1S/C28H35N7O2/c1-22(36)34-16-12-25-8-9-26(35(25)17-23-10-13-29-14-11-23)19-32(18-24-5-2-3-6-27(24)34)28(37)7-4-15-33-21-30-20-31-33/h2-3,5-6,10-11,13-14,20-21,25-26H,4,7-9,12,15-19H2,1H3/t25-,26+/m1/s1. The zero-order valence-electron chi connectivity index (χ0n) is 21.4. The number of anilines is 1. The lowest BCUT2D eigenvalue weighted by Crippen LogP contribution is -2.45. The van der Waals surface area contributed by atoms with Gasteiger partial charge in [-0.25, -0.2) is 4.98 Å². The maximum absolute atomic E-state index is 13.6. The van der Waals surface area contributed by atoms with E-state index in [-0.39, 0.29) is 17.9 Å². The van der Waals surface area contributed by atoms with E-state index in [0.29, 0.717) is 45.1 Å². The molecule has 0 radical (unpaired) electrons. The third-order valence-corrected chi connectivity index (χ3v) is 7.62. The summed E-state index contributed by atoms with van der Waals surface area (Å²) >= 11 is 0. The molecule has 0 spiro atoms. The number of hydrogen-bond donors (Lipinski definition) is 0. The van der Waals surface area contributed by atoms with E-state index in [9.17, 15) is 9.59 Å². The van der Waals surface area contributed by atoms with Crippen LogP contribution in [-0.4, -0.2) is 66.5 Å². The summed E-state index contributed by atoms with van der Waals surface area (Å²) in [4.78, 5) is 41.0. The van der Waals surface area contributed by atoms with E-state index in [1.165, 1.54) is 11.9 Å². The summed E-state index contributed by atoms with van der Waals surface area (Å²) in [5.74, 6) is 0.170. The van der Waals surface area contributed by atoms with Gasteiger partial charge in [-0.3, -0.25) is 24.2 Å². The Kier molecular flexibility index (Phi) is 7.89. The molecular formula is C28H35N7O2. The third kappa shape index (κ3) is 6.05. The summed E-state index contributed by atoms with van der Waals surface area (Å²) < 4.78 is 1.76. The number of hydrogen-bond acceptors (Lipinski definition) is 6. The average Bonchev–Trinajstić information content (AvgIpc) is 3.54. The Morgan fingerprint density at radius 1 is 1.00 bits per heavy atom. The summed E-state index contributed by atoms with van der Waals surface area (Å²) in [5.41, 5.74) is 3.15. The number of pyridine rings is 1. The maximum Gasteiger partial charge on any atom is 0.223 e. The highest BCUT2D eigenvalue weighted by Gasteiger charge is 2.36. The van der Waals surface area contributed by atoms with E-state index in [1.54, 1.807) is 17.9 Å². The zero-order chi connectivity index (χ0) is 25.6. The molecule has 0 saturated carbocycles. The molecule has 0 aliphatic carbocycles. The van der Waals surface area contributed by atoms with Crippen LogP contribution < -0.4 is 4.90 Å². The lowest BCUT2D eigenvalue weighted by Gasteiger charge is -2.34. The van der Waals surface area contributed by atoms with Crippen molar-refractivity contribution in [1.82, 2.24) is 29.5 Å². The van der Waals surface area contributed by atoms with E-state index in [2.05, 4.69) is 32.1 Å². The minimum absolute atomic E-state index is 0.0348. The van der Waals surface area contributed by atoms with Crippen molar-refractivity contribution in [1.29, 1.82) is 0 Å². The fourth-order valence-electron chi connectivity index (χ4n) is 5.72. The van der Waals surface area contributed by atoms with Gasteiger partial charge in [0, 0.05) is 76.2 Å². The highest BCUT2D eigenvalue weighted by atomic mass is 16.2. The summed E-state index contributed by atoms with van der Waals surface area (Å²) in [6.07, 6.45) is 11.0. The number of carbonyl (C=O) groups is 2. The van der Waals surface area contributed by atoms with Crippen LogP contribution in [0, 0.1) is 0 Å². The average molecular weight is 502 g/mol. The molecule has 2 bridgehead atoms. The molecule has 0 unspecified atom stereocenters. The molecule has 1 aromatic carbocycles. The van der Waals surface area contributed by atoms with Gasteiger partial charge in [0.15, 0.2) is 0 Å². The molecule has 194 valence electrons. The number of amides is 2. The Hall–Kier alpha value is -3.59. The molecule has 1 fully saturated rings. The van der Waals surface area contributed by atoms with Gasteiger partial charge in [-0.2, -0.15) is 5.10 Å². The number of para-hydroxylation sites is 1. The van der Waals surface area contributed by atoms with Crippen LogP contribution in [0.4, 0.5) is 5.69 Å². The molecule has 5 rings (SSSR count). The SMILES string of the molecule is CC(=O)N1CC[C@H]2CC[C@@H](CN(C(=O)CCCn3cncn3)Cc3ccccc31)N2Cc1ccncc1. The van der Waals surface area contributed by atoms with Gasteiger partial charge in [0.05, 0.1) is 0 Å². The van der Waals surface area contributed by atoms with E-state index in [0.717, 1.165) is 37.1 Å². The van der Waals surface area contributed by atoms with Gasteiger partial charge in [0.2, 0.25) is 11.8 Å². The second-order valence-electron chi connectivity index (χ2n) is 10.0. The number of fused-ring (bicyclic) bond motifs is 3. The second kappa shape index (κ2) is 11.6. The van der Waals surface area contributed by atoms with E-state index >= 15 is 0 Å². The summed E-state index contributed by atoms with van der Waals surface area (Å²) in [5, 5.41) is 4.15. The highest BCUT2D eigenvalue weighted by molar-refractivity contribution is 5.92. The maximum atomic E-state index is 13.6. The van der Waals surface area contributed by atoms with Crippen LogP contribution in [0.15, 0.2) is 61.4 Å².